The lowest BCUT2D eigenvalue weighted by Crippen LogP contribution is -1.99. The molecule has 6 nitrogen and oxygen atoms in total. The number of Topliss-reactive ketones (excluding diaryl/α,β-unsaturated/α-hetero) is 1. The van der Waals surface area contributed by atoms with Crippen LogP contribution >= 0.6 is 0 Å². The highest BCUT2D eigenvalue weighted by Crippen LogP contribution is 2.12. The molecule has 0 aliphatic heterocycles. The zero-order valence-electron chi connectivity index (χ0n) is 7.92. The van der Waals surface area contributed by atoms with Crippen LogP contribution in [-0.2, 0) is 4.79 Å². The first kappa shape index (κ1) is 11.1. The van der Waals surface area contributed by atoms with Gasteiger partial charge in [0.25, 0.3) is 5.69 Å². The number of nitro benzene ring substituents is 1. The molecule has 4 N–H and O–H groups in total. The second-order valence-electron chi connectivity index (χ2n) is 3.13. The third-order valence-corrected chi connectivity index (χ3v) is 1.78. The van der Waals surface area contributed by atoms with E-state index in [2.05, 4.69) is 0 Å². The van der Waals surface area contributed by atoms with Crippen LogP contribution in [0, 0.1) is 10.1 Å². The number of nitrogens with zero attached hydrogens (tertiary/aromatic N) is 1. The summed E-state index contributed by atoms with van der Waals surface area (Å²) in [7, 11) is 0. The number of nitrogen functional groups attached to an aromatic ring is 1. The molecule has 0 saturated heterocycles. The summed E-state index contributed by atoms with van der Waals surface area (Å²) in [5.41, 5.74) is 10.9. The fourth-order valence-electron chi connectivity index (χ4n) is 0.754. The highest BCUT2D eigenvalue weighted by atomic mass is 16.6. The zero-order valence-corrected chi connectivity index (χ0v) is 7.92. The first-order chi connectivity index (χ1) is 7.00. The van der Waals surface area contributed by atoms with Crippen molar-refractivity contribution in [3.63, 3.8) is 0 Å². The molecule has 1 aromatic carbocycles. The van der Waals surface area contributed by atoms with E-state index >= 15 is 0 Å². The minimum Gasteiger partial charge on any atom is -0.399 e. The Labute approximate surface area is 86.0 Å². The van der Waals surface area contributed by atoms with Crippen molar-refractivity contribution in [3.8, 4) is 0 Å². The lowest BCUT2D eigenvalue weighted by Gasteiger charge is -1.90. The maximum Gasteiger partial charge on any atom is 0.269 e. The molecular weight excluding hydrogens is 198 g/mol. The van der Waals surface area contributed by atoms with Crippen molar-refractivity contribution >= 4 is 17.2 Å². The molecule has 0 bridgehead atoms. The largest absolute Gasteiger partial charge is 0.399 e. The molecule has 0 radical (unpaired) electrons. The van der Waals surface area contributed by atoms with Gasteiger partial charge in [0, 0.05) is 24.2 Å². The van der Waals surface area contributed by atoms with Crippen molar-refractivity contribution in [2.45, 2.75) is 12.5 Å². The van der Waals surface area contributed by atoms with Crippen LogP contribution in [0.25, 0.3) is 0 Å². The highest BCUT2D eigenvalue weighted by molar-refractivity contribution is 5.99. The predicted molar refractivity (Wildman–Crippen MR) is 55.1 cm³/mol. The Hall–Kier alpha value is -1.95. The molecule has 1 fully saturated rings. The zero-order chi connectivity index (χ0) is 11.4. The number of nitrogens with two attached hydrogens (primary N) is 2. The van der Waals surface area contributed by atoms with Crippen LogP contribution in [0.1, 0.15) is 6.42 Å². The van der Waals surface area contributed by atoms with Gasteiger partial charge in [0.15, 0.2) is 5.78 Å². The SMILES string of the molecule is NC1CC1=O.Nc1ccc([N+](=O)[O-])cc1. The molecule has 0 spiro atoms. The summed E-state index contributed by atoms with van der Waals surface area (Å²) < 4.78 is 0. The van der Waals surface area contributed by atoms with E-state index in [1.807, 2.05) is 0 Å². The third-order valence-electron chi connectivity index (χ3n) is 1.78. The molecule has 0 amide bonds. The van der Waals surface area contributed by atoms with Crippen molar-refractivity contribution < 1.29 is 9.72 Å². The molecule has 1 aromatic rings. The van der Waals surface area contributed by atoms with Crippen LogP contribution < -0.4 is 11.5 Å². The van der Waals surface area contributed by atoms with E-state index in [1.54, 1.807) is 0 Å². The minimum absolute atomic E-state index is 0.0641. The molecular formula is C9H11N3O3. The molecule has 1 unspecified atom stereocenters. The molecule has 2 rings (SSSR count). The van der Waals surface area contributed by atoms with Crippen molar-refractivity contribution in [1.29, 1.82) is 0 Å². The number of carbonyl (C=O) groups is 1. The number of hydrogen-bond acceptors (Lipinski definition) is 5. The lowest BCUT2D eigenvalue weighted by atomic mass is 10.3. The predicted octanol–water partition coefficient (Wildman–Crippen LogP) is 0.463. The van der Waals surface area contributed by atoms with Crippen molar-refractivity contribution in [1.82, 2.24) is 0 Å². The van der Waals surface area contributed by atoms with Crippen LogP contribution in [0.3, 0.4) is 0 Å². The van der Waals surface area contributed by atoms with Gasteiger partial charge in [-0.05, 0) is 12.1 Å². The van der Waals surface area contributed by atoms with Gasteiger partial charge in [-0.3, -0.25) is 14.9 Å². The molecule has 0 aromatic heterocycles. The van der Waals surface area contributed by atoms with Gasteiger partial charge >= 0.3 is 0 Å². The Balaban J connectivity index is 0.000000187. The molecule has 80 valence electrons. The second-order valence-corrected chi connectivity index (χ2v) is 3.13. The quantitative estimate of drug-likeness (QED) is 0.396. The van der Waals surface area contributed by atoms with Gasteiger partial charge in [-0.15, -0.1) is 0 Å². The molecule has 6 heteroatoms. The van der Waals surface area contributed by atoms with E-state index in [-0.39, 0.29) is 17.5 Å². The van der Waals surface area contributed by atoms with Gasteiger partial charge in [-0.1, -0.05) is 0 Å². The van der Waals surface area contributed by atoms with E-state index in [0.717, 1.165) is 0 Å². The van der Waals surface area contributed by atoms with E-state index < -0.39 is 4.92 Å². The van der Waals surface area contributed by atoms with Gasteiger partial charge < -0.3 is 11.5 Å². The van der Waals surface area contributed by atoms with E-state index in [1.165, 1.54) is 24.3 Å². The van der Waals surface area contributed by atoms with E-state index in [9.17, 15) is 14.9 Å². The summed E-state index contributed by atoms with van der Waals surface area (Å²) in [5.74, 6) is 0.199. The second kappa shape index (κ2) is 4.52. The number of nitro groups is 1. The fraction of sp³-hybridized carbons (Fsp3) is 0.222. The van der Waals surface area contributed by atoms with Gasteiger partial charge in [0.05, 0.1) is 11.0 Å². The summed E-state index contributed by atoms with van der Waals surface area (Å²) >= 11 is 0. The summed E-state index contributed by atoms with van der Waals surface area (Å²) in [6.45, 7) is 0. The average Bonchev–Trinajstić information content (AvgIpc) is 2.81. The van der Waals surface area contributed by atoms with Crippen molar-refractivity contribution in [3.05, 3.63) is 34.4 Å². The first-order valence-corrected chi connectivity index (χ1v) is 4.29. The van der Waals surface area contributed by atoms with Crippen LogP contribution in [0.4, 0.5) is 11.4 Å². The molecule has 1 aliphatic rings. The van der Waals surface area contributed by atoms with E-state index in [4.69, 9.17) is 11.5 Å². The summed E-state index contributed by atoms with van der Waals surface area (Å²) in [6, 6.07) is 5.65. The summed E-state index contributed by atoms with van der Waals surface area (Å²) in [5, 5.41) is 10.1. The van der Waals surface area contributed by atoms with Gasteiger partial charge in [-0.25, -0.2) is 0 Å². The lowest BCUT2D eigenvalue weighted by molar-refractivity contribution is -0.384. The maximum atomic E-state index is 10.1. The van der Waals surface area contributed by atoms with Gasteiger partial charge in [-0.2, -0.15) is 0 Å². The van der Waals surface area contributed by atoms with Crippen LogP contribution in [0.5, 0.6) is 0 Å². The normalized spacial score (nSPS) is 17.7. The number of rotatable bonds is 1. The highest BCUT2D eigenvalue weighted by Gasteiger charge is 2.29. The standard InChI is InChI=1S/C6H6N2O2.C3H5NO/c7-5-1-3-6(4-2-5)8(9)10;4-2-1-3(2)5/h1-4H,7H2;2H,1,4H2. The number of ketones is 1. The smallest absolute Gasteiger partial charge is 0.269 e. The molecule has 1 aliphatic carbocycles. The molecule has 15 heavy (non-hydrogen) atoms. The van der Waals surface area contributed by atoms with Gasteiger partial charge in [0.2, 0.25) is 0 Å². The Morgan fingerprint density at radius 3 is 2.00 bits per heavy atom. The number of non-ortho nitro benzene ring substituents is 1. The third kappa shape index (κ3) is 3.74. The number of hydrogen-bond donors (Lipinski definition) is 2. The van der Waals surface area contributed by atoms with E-state index in [0.29, 0.717) is 12.1 Å². The summed E-state index contributed by atoms with van der Waals surface area (Å²) in [6.07, 6.45) is 0.611. The molecule has 0 heterocycles. The Kier molecular flexibility index (Phi) is 3.35. The fourth-order valence-corrected chi connectivity index (χ4v) is 0.754. The average molecular weight is 209 g/mol. The Bertz CT molecular complexity index is 375. The Morgan fingerprint density at radius 1 is 1.33 bits per heavy atom. The molecule has 1 saturated carbocycles. The minimum atomic E-state index is -0.459. The Morgan fingerprint density at radius 2 is 1.73 bits per heavy atom. The van der Waals surface area contributed by atoms with Crippen molar-refractivity contribution in [2.24, 2.45) is 5.73 Å². The number of benzene rings is 1. The topological polar surface area (TPSA) is 112 Å². The van der Waals surface area contributed by atoms with Crippen LogP contribution in [-0.4, -0.2) is 16.7 Å². The van der Waals surface area contributed by atoms with Crippen LogP contribution in [0.2, 0.25) is 0 Å². The van der Waals surface area contributed by atoms with Crippen LogP contribution in [0.15, 0.2) is 24.3 Å². The monoisotopic (exact) mass is 209 g/mol. The summed E-state index contributed by atoms with van der Waals surface area (Å²) in [4.78, 5) is 19.4. The first-order valence-electron chi connectivity index (χ1n) is 4.29. The number of carbonyl (C=O) groups excluding carboxylic acids is 1. The van der Waals surface area contributed by atoms with Gasteiger partial charge in [0.1, 0.15) is 0 Å². The van der Waals surface area contributed by atoms with Crippen molar-refractivity contribution in [2.75, 3.05) is 5.73 Å². The number of anilines is 1. The maximum absolute atomic E-state index is 10.1. The molecule has 1 atom stereocenters.